The van der Waals surface area contributed by atoms with E-state index in [9.17, 15) is 13.6 Å². The van der Waals surface area contributed by atoms with Crippen molar-refractivity contribution in [2.24, 2.45) is 0 Å². The number of rotatable bonds is 4. The van der Waals surface area contributed by atoms with Crippen LogP contribution in [-0.4, -0.2) is 11.5 Å². The first kappa shape index (κ1) is 13.7. The SMILES string of the molecule is Cc1ccc(F)cc1C(=O)CSc1cccc(F)c1. The number of hydrogen-bond donors (Lipinski definition) is 0. The summed E-state index contributed by atoms with van der Waals surface area (Å²) in [7, 11) is 0. The van der Waals surface area contributed by atoms with Crippen LogP contribution in [0.25, 0.3) is 0 Å². The first-order valence-electron chi connectivity index (χ1n) is 5.74. The minimum Gasteiger partial charge on any atom is -0.293 e. The van der Waals surface area contributed by atoms with Gasteiger partial charge in [0.15, 0.2) is 5.78 Å². The van der Waals surface area contributed by atoms with Crippen molar-refractivity contribution < 1.29 is 13.6 Å². The Labute approximate surface area is 114 Å². The maximum atomic E-state index is 13.1. The van der Waals surface area contributed by atoms with E-state index in [0.29, 0.717) is 10.5 Å². The molecule has 0 N–H and O–H groups in total. The van der Waals surface area contributed by atoms with Crippen molar-refractivity contribution in [3.8, 4) is 0 Å². The summed E-state index contributed by atoms with van der Waals surface area (Å²) < 4.78 is 26.1. The van der Waals surface area contributed by atoms with Gasteiger partial charge in [0, 0.05) is 10.5 Å². The number of carbonyl (C=O) groups is 1. The van der Waals surface area contributed by atoms with Crippen molar-refractivity contribution in [1.29, 1.82) is 0 Å². The van der Waals surface area contributed by atoms with Crippen LogP contribution >= 0.6 is 11.8 Å². The van der Waals surface area contributed by atoms with Crippen LogP contribution < -0.4 is 0 Å². The minimum atomic E-state index is -0.426. The van der Waals surface area contributed by atoms with Gasteiger partial charge in [-0.05, 0) is 42.8 Å². The Morgan fingerprint density at radius 3 is 2.58 bits per heavy atom. The number of carbonyl (C=O) groups excluding carboxylic acids is 1. The molecule has 19 heavy (non-hydrogen) atoms. The topological polar surface area (TPSA) is 17.1 Å². The summed E-state index contributed by atoms with van der Waals surface area (Å²) in [5.41, 5.74) is 1.12. The maximum Gasteiger partial charge on any atom is 0.173 e. The van der Waals surface area contributed by atoms with Crippen molar-refractivity contribution in [3.05, 3.63) is 65.2 Å². The molecule has 0 radical (unpaired) electrons. The van der Waals surface area contributed by atoms with Crippen LogP contribution in [0.3, 0.4) is 0 Å². The molecule has 1 nitrogen and oxygen atoms in total. The third-order valence-corrected chi connectivity index (χ3v) is 3.66. The summed E-state index contributed by atoms with van der Waals surface area (Å²) >= 11 is 1.24. The molecule has 4 heteroatoms. The summed E-state index contributed by atoms with van der Waals surface area (Å²) in [6.07, 6.45) is 0. The molecule has 0 atom stereocenters. The van der Waals surface area contributed by atoms with Gasteiger partial charge < -0.3 is 0 Å². The number of ketones is 1. The Balaban J connectivity index is 2.07. The quantitative estimate of drug-likeness (QED) is 0.614. The van der Waals surface area contributed by atoms with Gasteiger partial charge >= 0.3 is 0 Å². The van der Waals surface area contributed by atoms with Gasteiger partial charge in [-0.2, -0.15) is 0 Å². The summed E-state index contributed by atoms with van der Waals surface area (Å²) in [6, 6.07) is 10.2. The number of halogens is 2. The normalized spacial score (nSPS) is 10.5. The van der Waals surface area contributed by atoms with Crippen LogP contribution in [0, 0.1) is 18.6 Å². The molecule has 0 aromatic heterocycles. The van der Waals surface area contributed by atoms with Crippen molar-refractivity contribution in [2.75, 3.05) is 5.75 Å². The van der Waals surface area contributed by atoms with Gasteiger partial charge in [-0.25, -0.2) is 8.78 Å². The highest BCUT2D eigenvalue weighted by Gasteiger charge is 2.11. The van der Waals surface area contributed by atoms with Gasteiger partial charge in [-0.3, -0.25) is 4.79 Å². The molecule has 2 aromatic carbocycles. The van der Waals surface area contributed by atoms with E-state index in [1.807, 2.05) is 0 Å². The largest absolute Gasteiger partial charge is 0.293 e. The summed E-state index contributed by atoms with van der Waals surface area (Å²) in [6.45, 7) is 1.76. The smallest absolute Gasteiger partial charge is 0.173 e. The summed E-state index contributed by atoms with van der Waals surface area (Å²) in [5, 5.41) is 0. The van der Waals surface area contributed by atoms with E-state index < -0.39 is 5.82 Å². The van der Waals surface area contributed by atoms with Gasteiger partial charge in [0.05, 0.1) is 5.75 Å². The third-order valence-electron chi connectivity index (χ3n) is 2.67. The Kier molecular flexibility index (Phi) is 4.32. The molecule has 0 bridgehead atoms. The molecule has 0 unspecified atom stereocenters. The second-order valence-electron chi connectivity index (χ2n) is 4.13. The zero-order chi connectivity index (χ0) is 13.8. The molecular weight excluding hydrogens is 266 g/mol. The molecule has 0 saturated carbocycles. The van der Waals surface area contributed by atoms with Crippen molar-refractivity contribution in [1.82, 2.24) is 0 Å². The highest BCUT2D eigenvalue weighted by atomic mass is 32.2. The molecule has 0 aliphatic carbocycles. The first-order chi connectivity index (χ1) is 9.06. The molecular formula is C15H12F2OS. The monoisotopic (exact) mass is 278 g/mol. The fraction of sp³-hybridized carbons (Fsp3) is 0.133. The molecule has 0 spiro atoms. The average Bonchev–Trinajstić information content (AvgIpc) is 2.39. The van der Waals surface area contributed by atoms with Gasteiger partial charge in [-0.1, -0.05) is 12.1 Å². The van der Waals surface area contributed by atoms with E-state index in [-0.39, 0.29) is 17.4 Å². The van der Waals surface area contributed by atoms with Crippen LogP contribution in [-0.2, 0) is 0 Å². The molecule has 98 valence electrons. The molecule has 0 saturated heterocycles. The second kappa shape index (κ2) is 5.97. The van der Waals surface area contributed by atoms with Crippen LogP contribution in [0.2, 0.25) is 0 Å². The Morgan fingerprint density at radius 1 is 1.11 bits per heavy atom. The fourth-order valence-electron chi connectivity index (χ4n) is 1.68. The lowest BCUT2D eigenvalue weighted by Crippen LogP contribution is -2.05. The van der Waals surface area contributed by atoms with Crippen molar-refractivity contribution in [3.63, 3.8) is 0 Å². The average molecular weight is 278 g/mol. The number of aryl methyl sites for hydroxylation is 1. The molecule has 0 amide bonds. The van der Waals surface area contributed by atoms with E-state index >= 15 is 0 Å². The zero-order valence-corrected chi connectivity index (χ0v) is 11.1. The highest BCUT2D eigenvalue weighted by molar-refractivity contribution is 8.00. The Morgan fingerprint density at radius 2 is 1.84 bits per heavy atom. The molecule has 0 fully saturated rings. The van der Waals surface area contributed by atoms with Crippen molar-refractivity contribution >= 4 is 17.5 Å². The van der Waals surface area contributed by atoms with Crippen molar-refractivity contribution in [2.45, 2.75) is 11.8 Å². The number of hydrogen-bond acceptors (Lipinski definition) is 2. The lowest BCUT2D eigenvalue weighted by atomic mass is 10.1. The molecule has 0 aliphatic heterocycles. The lowest BCUT2D eigenvalue weighted by Gasteiger charge is -2.05. The second-order valence-corrected chi connectivity index (χ2v) is 5.18. The summed E-state index contributed by atoms with van der Waals surface area (Å²) in [4.78, 5) is 12.7. The lowest BCUT2D eigenvalue weighted by molar-refractivity contribution is 0.102. The highest BCUT2D eigenvalue weighted by Crippen LogP contribution is 2.21. The van der Waals surface area contributed by atoms with E-state index in [1.165, 1.54) is 36.0 Å². The zero-order valence-electron chi connectivity index (χ0n) is 10.3. The number of Topliss-reactive ketones (excluding diaryl/α,β-unsaturated/α-hetero) is 1. The Hall–Kier alpha value is -1.68. The summed E-state index contributed by atoms with van der Waals surface area (Å²) in [5.74, 6) is -0.761. The molecule has 2 aromatic rings. The number of thioether (sulfide) groups is 1. The van der Waals surface area contributed by atoms with Gasteiger partial charge in [0.25, 0.3) is 0 Å². The predicted octanol–water partition coefficient (Wildman–Crippen LogP) is 4.25. The van der Waals surface area contributed by atoms with E-state index in [2.05, 4.69) is 0 Å². The van der Waals surface area contributed by atoms with Gasteiger partial charge in [-0.15, -0.1) is 11.8 Å². The standard InChI is InChI=1S/C15H12F2OS/c1-10-5-6-12(17)8-14(10)15(18)9-19-13-4-2-3-11(16)7-13/h2-8H,9H2,1H3. The predicted molar refractivity (Wildman–Crippen MR) is 72.6 cm³/mol. The van der Waals surface area contributed by atoms with Crippen LogP contribution in [0.1, 0.15) is 15.9 Å². The van der Waals surface area contributed by atoms with E-state index in [4.69, 9.17) is 0 Å². The minimum absolute atomic E-state index is 0.160. The third kappa shape index (κ3) is 3.64. The first-order valence-corrected chi connectivity index (χ1v) is 6.72. The Bertz CT molecular complexity index is 611. The maximum absolute atomic E-state index is 13.1. The van der Waals surface area contributed by atoms with Crippen LogP contribution in [0.15, 0.2) is 47.4 Å². The number of benzene rings is 2. The molecule has 2 rings (SSSR count). The molecule has 0 heterocycles. The van der Waals surface area contributed by atoms with Crippen LogP contribution in [0.4, 0.5) is 8.78 Å². The van der Waals surface area contributed by atoms with Gasteiger partial charge in [0.1, 0.15) is 11.6 Å². The fourth-order valence-corrected chi connectivity index (χ4v) is 2.50. The van der Waals surface area contributed by atoms with E-state index in [1.54, 1.807) is 25.1 Å². The van der Waals surface area contributed by atoms with Crippen LogP contribution in [0.5, 0.6) is 0 Å². The van der Waals surface area contributed by atoms with Gasteiger partial charge in [0.2, 0.25) is 0 Å². The molecule has 0 aliphatic rings. The van der Waals surface area contributed by atoms with E-state index in [0.717, 1.165) is 5.56 Å².